The van der Waals surface area contributed by atoms with Gasteiger partial charge in [0.25, 0.3) is 11.5 Å². The molecule has 36 heavy (non-hydrogen) atoms. The molecule has 0 saturated heterocycles. The molecule has 0 unspecified atom stereocenters. The van der Waals surface area contributed by atoms with Gasteiger partial charge in [-0.25, -0.2) is 15.0 Å². The van der Waals surface area contributed by atoms with E-state index in [0.717, 1.165) is 12.8 Å². The zero-order valence-electron chi connectivity index (χ0n) is 20.1. The van der Waals surface area contributed by atoms with Gasteiger partial charge in [-0.15, -0.1) is 0 Å². The molecular weight excluding hydrogens is 462 g/mol. The van der Waals surface area contributed by atoms with Crippen molar-refractivity contribution in [1.82, 2.24) is 34.0 Å². The highest BCUT2D eigenvalue weighted by Crippen LogP contribution is 2.34. The summed E-state index contributed by atoms with van der Waals surface area (Å²) in [4.78, 5) is 52.4. The standard InChI is InChI=1S/C24H25N9O3/c1-25-20-10-19(30-22-15(11-28-33(20)22)18(34)9-14-6-7-14)29-16-5-4-8-32(24(16)36)21-13-26-17(12-27-21)23(35)31(2)3/h4-5,8,10-14,25H,6-7,9H2,1-3H3,(H,29,30). The number of hydrogen-bond donors (Lipinski definition) is 2. The third-order valence-electron chi connectivity index (χ3n) is 5.92. The van der Waals surface area contributed by atoms with Crippen LogP contribution in [0.25, 0.3) is 11.5 Å². The maximum absolute atomic E-state index is 13.2. The van der Waals surface area contributed by atoms with Gasteiger partial charge < -0.3 is 15.5 Å². The maximum atomic E-state index is 13.2. The summed E-state index contributed by atoms with van der Waals surface area (Å²) in [6.07, 6.45) is 8.44. The van der Waals surface area contributed by atoms with Crippen molar-refractivity contribution >= 4 is 34.7 Å². The SMILES string of the molecule is CNc1cc(Nc2cccn(-c3cnc(C(=O)N(C)C)cn3)c2=O)nc2c(C(=O)CC3CC3)cnn12. The molecule has 0 spiro atoms. The van der Waals surface area contributed by atoms with E-state index >= 15 is 0 Å². The Bertz CT molecular complexity index is 1520. The first kappa shape index (κ1) is 23.1. The molecule has 12 heteroatoms. The third-order valence-corrected chi connectivity index (χ3v) is 5.92. The topological polar surface area (TPSA) is 139 Å². The smallest absolute Gasteiger partial charge is 0.280 e. The Labute approximate surface area is 206 Å². The minimum absolute atomic E-state index is 0.0102. The number of aromatic nitrogens is 6. The van der Waals surface area contributed by atoms with Crippen LogP contribution in [0.2, 0.25) is 0 Å². The number of pyridine rings is 1. The zero-order chi connectivity index (χ0) is 25.4. The second kappa shape index (κ2) is 9.21. The van der Waals surface area contributed by atoms with Crippen molar-refractivity contribution in [2.24, 2.45) is 5.92 Å². The summed E-state index contributed by atoms with van der Waals surface area (Å²) < 4.78 is 2.89. The van der Waals surface area contributed by atoms with E-state index in [1.165, 1.54) is 28.1 Å². The third kappa shape index (κ3) is 4.40. The van der Waals surface area contributed by atoms with Crippen LogP contribution < -0.4 is 16.2 Å². The summed E-state index contributed by atoms with van der Waals surface area (Å²) in [5, 5.41) is 10.4. The second-order valence-electron chi connectivity index (χ2n) is 8.82. The van der Waals surface area contributed by atoms with Crippen LogP contribution in [0.5, 0.6) is 0 Å². The van der Waals surface area contributed by atoms with Crippen LogP contribution in [-0.4, -0.2) is 66.9 Å². The molecule has 1 saturated carbocycles. The fourth-order valence-corrected chi connectivity index (χ4v) is 3.79. The minimum atomic E-state index is -0.385. The molecule has 1 aliphatic carbocycles. The van der Waals surface area contributed by atoms with Gasteiger partial charge in [0.15, 0.2) is 17.2 Å². The number of fused-ring (bicyclic) bond motifs is 1. The molecule has 0 atom stereocenters. The van der Waals surface area contributed by atoms with Crippen molar-refractivity contribution in [3.63, 3.8) is 0 Å². The minimum Gasteiger partial charge on any atom is -0.373 e. The van der Waals surface area contributed by atoms with Crippen molar-refractivity contribution < 1.29 is 9.59 Å². The Morgan fingerprint density at radius 2 is 1.97 bits per heavy atom. The molecule has 5 rings (SSSR count). The summed E-state index contributed by atoms with van der Waals surface area (Å²) >= 11 is 0. The lowest BCUT2D eigenvalue weighted by molar-refractivity contribution is 0.0821. The van der Waals surface area contributed by atoms with Gasteiger partial charge in [0.1, 0.15) is 23.0 Å². The first-order chi connectivity index (χ1) is 17.4. The fourth-order valence-electron chi connectivity index (χ4n) is 3.79. The van der Waals surface area contributed by atoms with Crippen LogP contribution in [-0.2, 0) is 0 Å². The van der Waals surface area contributed by atoms with Crippen molar-refractivity contribution in [3.8, 4) is 5.82 Å². The van der Waals surface area contributed by atoms with Crippen LogP contribution >= 0.6 is 0 Å². The van der Waals surface area contributed by atoms with E-state index in [2.05, 4.69) is 30.7 Å². The molecule has 0 bridgehead atoms. The Morgan fingerprint density at radius 3 is 2.64 bits per heavy atom. The number of anilines is 3. The number of nitrogens with zero attached hydrogens (tertiary/aromatic N) is 7. The molecule has 0 aliphatic heterocycles. The largest absolute Gasteiger partial charge is 0.373 e. The molecule has 184 valence electrons. The highest BCUT2D eigenvalue weighted by atomic mass is 16.2. The lowest BCUT2D eigenvalue weighted by Gasteiger charge is -2.12. The van der Waals surface area contributed by atoms with E-state index in [-0.39, 0.29) is 34.4 Å². The highest BCUT2D eigenvalue weighted by Gasteiger charge is 2.27. The summed E-state index contributed by atoms with van der Waals surface area (Å²) in [6.45, 7) is 0. The first-order valence-corrected chi connectivity index (χ1v) is 11.5. The molecule has 2 N–H and O–H groups in total. The summed E-state index contributed by atoms with van der Waals surface area (Å²) in [5.74, 6) is 1.42. The van der Waals surface area contributed by atoms with E-state index in [4.69, 9.17) is 0 Å². The molecule has 0 aromatic carbocycles. The Hall–Kier alpha value is -4.61. The van der Waals surface area contributed by atoms with Gasteiger partial charge in [-0.1, -0.05) is 0 Å². The van der Waals surface area contributed by atoms with Crippen LogP contribution in [0.4, 0.5) is 17.3 Å². The zero-order valence-corrected chi connectivity index (χ0v) is 20.1. The van der Waals surface area contributed by atoms with E-state index in [1.807, 2.05) is 0 Å². The molecule has 0 radical (unpaired) electrons. The molecule has 12 nitrogen and oxygen atoms in total. The van der Waals surface area contributed by atoms with E-state index in [1.54, 1.807) is 50.1 Å². The number of carbonyl (C=O) groups excluding carboxylic acids is 2. The molecule has 4 heterocycles. The van der Waals surface area contributed by atoms with Crippen LogP contribution in [0, 0.1) is 5.92 Å². The lowest BCUT2D eigenvalue weighted by Crippen LogP contribution is -2.24. The average molecular weight is 488 g/mol. The van der Waals surface area contributed by atoms with Crippen molar-refractivity contribution in [2.75, 3.05) is 31.8 Å². The number of hydrogen-bond acceptors (Lipinski definition) is 9. The van der Waals surface area contributed by atoms with Crippen molar-refractivity contribution in [3.05, 3.63) is 64.6 Å². The van der Waals surface area contributed by atoms with Crippen LogP contribution in [0.1, 0.15) is 40.1 Å². The van der Waals surface area contributed by atoms with Gasteiger partial charge in [-0.2, -0.15) is 9.61 Å². The van der Waals surface area contributed by atoms with Gasteiger partial charge in [0.2, 0.25) is 0 Å². The first-order valence-electron chi connectivity index (χ1n) is 11.5. The van der Waals surface area contributed by atoms with E-state index < -0.39 is 0 Å². The Balaban J connectivity index is 1.47. The average Bonchev–Trinajstić information content (AvgIpc) is 3.59. The van der Waals surface area contributed by atoms with Gasteiger partial charge in [-0.05, 0) is 30.9 Å². The number of nitrogens with one attached hydrogen (secondary N) is 2. The van der Waals surface area contributed by atoms with Gasteiger partial charge in [-0.3, -0.25) is 19.0 Å². The second-order valence-corrected chi connectivity index (χ2v) is 8.82. The summed E-state index contributed by atoms with van der Waals surface area (Å²) in [7, 11) is 4.99. The Kier molecular flexibility index (Phi) is 5.92. The monoisotopic (exact) mass is 487 g/mol. The highest BCUT2D eigenvalue weighted by molar-refractivity contribution is 6.02. The van der Waals surface area contributed by atoms with E-state index in [9.17, 15) is 14.4 Å². The molecule has 1 amide bonds. The Morgan fingerprint density at radius 1 is 1.17 bits per heavy atom. The predicted octanol–water partition coefficient (Wildman–Crippen LogP) is 2.14. The van der Waals surface area contributed by atoms with Crippen LogP contribution in [0.15, 0.2) is 47.8 Å². The van der Waals surface area contributed by atoms with Gasteiger partial charge in [0.05, 0.1) is 24.2 Å². The van der Waals surface area contributed by atoms with Gasteiger partial charge in [0, 0.05) is 39.8 Å². The summed E-state index contributed by atoms with van der Waals surface area (Å²) in [6, 6.07) is 5.01. The number of carbonyl (C=O) groups is 2. The lowest BCUT2D eigenvalue weighted by atomic mass is 10.1. The summed E-state index contributed by atoms with van der Waals surface area (Å²) in [5.41, 5.74) is 0.908. The number of rotatable bonds is 8. The fraction of sp³-hybridized carbons (Fsp3) is 0.292. The van der Waals surface area contributed by atoms with Gasteiger partial charge >= 0.3 is 0 Å². The molecular formula is C24H25N9O3. The van der Waals surface area contributed by atoms with Crippen molar-refractivity contribution in [1.29, 1.82) is 0 Å². The molecule has 4 aromatic rings. The maximum Gasteiger partial charge on any atom is 0.280 e. The quantitative estimate of drug-likeness (QED) is 0.358. The molecule has 1 fully saturated rings. The number of ketones is 1. The number of Topliss-reactive ketones (excluding diaryl/α,β-unsaturated/α-hetero) is 1. The predicted molar refractivity (Wildman–Crippen MR) is 133 cm³/mol. The molecule has 4 aromatic heterocycles. The van der Waals surface area contributed by atoms with Crippen LogP contribution in [0.3, 0.4) is 0 Å². The van der Waals surface area contributed by atoms with E-state index in [0.29, 0.717) is 35.2 Å². The molecule has 1 aliphatic rings. The normalized spacial score (nSPS) is 13.0. The number of amides is 1. The van der Waals surface area contributed by atoms with Crippen molar-refractivity contribution in [2.45, 2.75) is 19.3 Å².